The molecule has 0 saturated heterocycles. The Hall–Kier alpha value is -1.84. The van der Waals surface area contributed by atoms with E-state index in [1.54, 1.807) is 0 Å². The van der Waals surface area contributed by atoms with Gasteiger partial charge in [-0.1, -0.05) is 6.07 Å². The summed E-state index contributed by atoms with van der Waals surface area (Å²) < 4.78 is 0. The molecule has 0 atom stereocenters. The van der Waals surface area contributed by atoms with Crippen LogP contribution in [0.5, 0.6) is 0 Å². The Morgan fingerprint density at radius 2 is 1.83 bits per heavy atom. The molecule has 4 nitrogen and oxygen atoms in total. The Labute approximate surface area is 68.6 Å². The molecule has 0 fully saturated rings. The molecule has 0 spiro atoms. The molecular weight excluding hydrogens is 158 g/mol. The summed E-state index contributed by atoms with van der Waals surface area (Å²) in [5, 5.41) is 8.52. The van der Waals surface area contributed by atoms with Gasteiger partial charge in [0.25, 0.3) is 5.91 Å². The van der Waals surface area contributed by atoms with Gasteiger partial charge in [0.15, 0.2) is 0 Å². The Bertz CT molecular complexity index is 304. The molecule has 0 aliphatic carbocycles. The largest absolute Gasteiger partial charge is 0.478 e. The topological polar surface area (TPSA) is 78.2 Å². The first-order valence-corrected chi connectivity index (χ1v) is 3.20. The molecule has 61 valence electrons. The van der Waals surface area contributed by atoms with Crippen LogP contribution in [0.1, 0.15) is 20.7 Å². The van der Waals surface area contributed by atoms with Crippen molar-refractivity contribution in [3.8, 4) is 0 Å². The number of rotatable bonds is 2. The van der Waals surface area contributed by atoms with Crippen LogP contribution in [-0.4, -0.2) is 17.0 Å². The van der Waals surface area contributed by atoms with Gasteiger partial charge in [-0.05, 0) is 18.2 Å². The number of hydrogen-bond donors (Lipinski definition) is 1. The molecule has 0 unspecified atom stereocenters. The van der Waals surface area contributed by atoms with E-state index >= 15 is 0 Å². The smallest absolute Gasteiger partial charge is 0.335 e. The SMILES string of the molecule is [NH]C(=O)c1cccc(C(=O)O)c1. The van der Waals surface area contributed by atoms with Gasteiger partial charge < -0.3 is 5.11 Å². The van der Waals surface area contributed by atoms with E-state index in [0.29, 0.717) is 0 Å². The number of hydrogen-bond acceptors (Lipinski definition) is 2. The zero-order valence-electron chi connectivity index (χ0n) is 6.07. The zero-order chi connectivity index (χ0) is 9.14. The molecular formula is C8H6NO3. The second-order valence-corrected chi connectivity index (χ2v) is 2.22. The molecule has 0 heterocycles. The predicted octanol–water partition coefficient (Wildman–Crippen LogP) is 0.808. The lowest BCUT2D eigenvalue weighted by Crippen LogP contribution is -2.02. The van der Waals surface area contributed by atoms with E-state index in [0.717, 1.165) is 0 Å². The van der Waals surface area contributed by atoms with Gasteiger partial charge in [0.05, 0.1) is 5.56 Å². The van der Waals surface area contributed by atoms with Gasteiger partial charge in [-0.3, -0.25) is 10.5 Å². The first kappa shape index (κ1) is 8.26. The van der Waals surface area contributed by atoms with E-state index in [-0.39, 0.29) is 11.1 Å². The van der Waals surface area contributed by atoms with Crippen LogP contribution in [0.15, 0.2) is 24.3 Å². The molecule has 0 saturated carbocycles. The fourth-order valence-electron chi connectivity index (χ4n) is 0.793. The molecule has 12 heavy (non-hydrogen) atoms. The number of amides is 1. The highest BCUT2D eigenvalue weighted by atomic mass is 16.4. The fraction of sp³-hybridized carbons (Fsp3) is 0. The average molecular weight is 164 g/mol. The summed E-state index contributed by atoms with van der Waals surface area (Å²) in [7, 11) is 0. The summed E-state index contributed by atoms with van der Waals surface area (Å²) in [5.74, 6) is -1.98. The standard InChI is InChI=1S/C8H6NO3/c9-7(10)5-2-1-3-6(4-5)8(11)12/h1-4,9H,(H,11,12). The van der Waals surface area contributed by atoms with Gasteiger partial charge in [0, 0.05) is 5.56 Å². The Balaban J connectivity index is 3.12. The molecule has 1 rings (SSSR count). The molecule has 1 aromatic rings. The molecule has 1 radical (unpaired) electrons. The molecule has 1 amide bonds. The molecule has 0 aliphatic heterocycles. The lowest BCUT2D eigenvalue weighted by molar-refractivity contribution is 0.0697. The van der Waals surface area contributed by atoms with Crippen molar-refractivity contribution in [3.05, 3.63) is 35.4 Å². The summed E-state index contributed by atoms with van der Waals surface area (Å²) in [6.45, 7) is 0. The molecule has 2 N–H and O–H groups in total. The maximum absolute atomic E-state index is 10.5. The van der Waals surface area contributed by atoms with Crippen molar-refractivity contribution in [2.24, 2.45) is 0 Å². The van der Waals surface area contributed by atoms with Gasteiger partial charge in [-0.25, -0.2) is 4.79 Å². The van der Waals surface area contributed by atoms with Gasteiger partial charge in [-0.2, -0.15) is 0 Å². The maximum Gasteiger partial charge on any atom is 0.335 e. The van der Waals surface area contributed by atoms with Crippen LogP contribution in [0.2, 0.25) is 0 Å². The van der Waals surface area contributed by atoms with Gasteiger partial charge >= 0.3 is 5.97 Å². The maximum atomic E-state index is 10.5. The monoisotopic (exact) mass is 164 g/mol. The van der Waals surface area contributed by atoms with E-state index in [2.05, 4.69) is 0 Å². The quantitative estimate of drug-likeness (QED) is 0.702. The van der Waals surface area contributed by atoms with Crippen molar-refractivity contribution in [1.82, 2.24) is 5.73 Å². The van der Waals surface area contributed by atoms with Crippen LogP contribution < -0.4 is 5.73 Å². The van der Waals surface area contributed by atoms with E-state index in [4.69, 9.17) is 10.8 Å². The molecule has 0 aromatic heterocycles. The number of nitrogens with one attached hydrogen (secondary N) is 1. The van der Waals surface area contributed by atoms with Gasteiger partial charge in [0.1, 0.15) is 0 Å². The number of carboxylic acid groups (broad SMARTS) is 1. The van der Waals surface area contributed by atoms with Gasteiger partial charge in [0.2, 0.25) is 0 Å². The average Bonchev–Trinajstić information content (AvgIpc) is 2.04. The van der Waals surface area contributed by atoms with Crippen molar-refractivity contribution in [3.63, 3.8) is 0 Å². The fourth-order valence-corrected chi connectivity index (χ4v) is 0.793. The van der Waals surface area contributed by atoms with E-state index in [1.165, 1.54) is 24.3 Å². The van der Waals surface area contributed by atoms with Crippen molar-refractivity contribution in [2.45, 2.75) is 0 Å². The molecule has 0 bridgehead atoms. The Kier molecular flexibility index (Phi) is 2.09. The van der Waals surface area contributed by atoms with E-state index < -0.39 is 11.9 Å². The van der Waals surface area contributed by atoms with Crippen LogP contribution >= 0.6 is 0 Å². The number of carboxylic acids is 1. The normalized spacial score (nSPS) is 9.33. The van der Waals surface area contributed by atoms with Crippen LogP contribution in [-0.2, 0) is 0 Å². The predicted molar refractivity (Wildman–Crippen MR) is 40.8 cm³/mol. The van der Waals surface area contributed by atoms with Crippen molar-refractivity contribution in [1.29, 1.82) is 0 Å². The second-order valence-electron chi connectivity index (χ2n) is 2.22. The minimum atomic E-state index is -1.10. The summed E-state index contributed by atoms with van der Waals surface area (Å²) in [4.78, 5) is 20.9. The second kappa shape index (κ2) is 3.04. The number of benzene rings is 1. The van der Waals surface area contributed by atoms with Crippen molar-refractivity contribution < 1.29 is 14.7 Å². The Morgan fingerprint density at radius 1 is 1.25 bits per heavy atom. The summed E-state index contributed by atoms with van der Waals surface area (Å²) in [6, 6.07) is 5.39. The van der Waals surface area contributed by atoms with E-state index in [1.807, 2.05) is 0 Å². The number of aromatic carboxylic acids is 1. The highest BCUT2D eigenvalue weighted by Gasteiger charge is 2.05. The summed E-state index contributed by atoms with van der Waals surface area (Å²) in [5.41, 5.74) is 6.84. The highest BCUT2D eigenvalue weighted by Crippen LogP contribution is 2.04. The first-order valence-electron chi connectivity index (χ1n) is 3.20. The zero-order valence-corrected chi connectivity index (χ0v) is 6.07. The van der Waals surface area contributed by atoms with Crippen molar-refractivity contribution >= 4 is 11.9 Å². The van der Waals surface area contributed by atoms with Crippen LogP contribution in [0, 0.1) is 0 Å². The Morgan fingerprint density at radius 3 is 2.33 bits per heavy atom. The highest BCUT2D eigenvalue weighted by molar-refractivity contribution is 5.96. The number of carbonyl (C=O) groups excluding carboxylic acids is 1. The molecule has 4 heteroatoms. The van der Waals surface area contributed by atoms with Gasteiger partial charge in [-0.15, -0.1) is 0 Å². The third kappa shape index (κ3) is 1.60. The third-order valence-electron chi connectivity index (χ3n) is 1.37. The lowest BCUT2D eigenvalue weighted by Gasteiger charge is -1.95. The lowest BCUT2D eigenvalue weighted by atomic mass is 10.1. The molecule has 0 aliphatic rings. The van der Waals surface area contributed by atoms with Crippen molar-refractivity contribution in [2.75, 3.05) is 0 Å². The summed E-state index contributed by atoms with van der Waals surface area (Å²) >= 11 is 0. The van der Waals surface area contributed by atoms with Crippen LogP contribution in [0.4, 0.5) is 0 Å². The molecule has 1 aromatic carbocycles. The van der Waals surface area contributed by atoms with Crippen LogP contribution in [0.25, 0.3) is 0 Å². The van der Waals surface area contributed by atoms with Crippen LogP contribution in [0.3, 0.4) is 0 Å². The summed E-state index contributed by atoms with van der Waals surface area (Å²) in [6.07, 6.45) is 0. The third-order valence-corrected chi connectivity index (χ3v) is 1.37. The minimum absolute atomic E-state index is 0.0214. The number of carbonyl (C=O) groups is 2. The van der Waals surface area contributed by atoms with E-state index in [9.17, 15) is 9.59 Å². The first-order chi connectivity index (χ1) is 5.61. The minimum Gasteiger partial charge on any atom is -0.478 e.